The van der Waals surface area contributed by atoms with Crippen molar-refractivity contribution in [2.45, 2.75) is 50.9 Å². The minimum Gasteiger partial charge on any atom is -0.228 e. The zero-order chi connectivity index (χ0) is 36.6. The smallest absolute Gasteiger partial charge is 0.161 e. The molecule has 4 aromatic carbocycles. The van der Waals surface area contributed by atoms with Crippen LogP contribution in [0.4, 0.5) is 0 Å². The van der Waals surface area contributed by atoms with Crippen molar-refractivity contribution in [1.29, 1.82) is 0 Å². The second-order valence-electron chi connectivity index (χ2n) is 15.0. The number of hydrogen-bond donors (Lipinski definition) is 0. The summed E-state index contributed by atoms with van der Waals surface area (Å²) in [7, 11) is 0. The highest BCUT2D eigenvalue weighted by molar-refractivity contribution is 7.19. The average molecular weight is 727 g/mol. The highest BCUT2D eigenvalue weighted by Crippen LogP contribution is 2.45. The summed E-state index contributed by atoms with van der Waals surface area (Å²) < 4.78 is 1.31. The molecule has 0 saturated heterocycles. The largest absolute Gasteiger partial charge is 0.228 e. The van der Waals surface area contributed by atoms with Crippen LogP contribution in [0.5, 0.6) is 0 Å². The molecular weight excluding hydrogens is 685 g/mol. The van der Waals surface area contributed by atoms with Crippen LogP contribution < -0.4 is 0 Å². The lowest BCUT2D eigenvalue weighted by molar-refractivity contribution is 0.773. The Balaban J connectivity index is 0.963. The van der Waals surface area contributed by atoms with Crippen molar-refractivity contribution >= 4 is 27.5 Å². The van der Waals surface area contributed by atoms with E-state index in [-0.39, 0.29) is 0 Å². The molecule has 0 radical (unpaired) electrons. The van der Waals surface area contributed by atoms with Gasteiger partial charge in [-0.3, -0.25) is 0 Å². The maximum absolute atomic E-state index is 5.23. The topological polar surface area (TPSA) is 25.8 Å². The molecule has 2 nitrogen and oxygen atoms in total. The molecule has 1 atom stereocenters. The summed E-state index contributed by atoms with van der Waals surface area (Å²) >= 11 is 1.93. The number of nitrogens with zero attached hydrogens (tertiary/aromatic N) is 2. The number of aromatic nitrogens is 2. The number of rotatable bonds is 7. The van der Waals surface area contributed by atoms with E-state index in [4.69, 9.17) is 9.97 Å². The van der Waals surface area contributed by atoms with Crippen LogP contribution in [-0.2, 0) is 6.42 Å². The second-order valence-corrected chi connectivity index (χ2v) is 16.1. The van der Waals surface area contributed by atoms with E-state index in [0.717, 1.165) is 78.8 Å². The van der Waals surface area contributed by atoms with Gasteiger partial charge in [0.25, 0.3) is 0 Å². The Morgan fingerprint density at radius 2 is 1.11 bits per heavy atom. The van der Waals surface area contributed by atoms with Gasteiger partial charge in [0.05, 0.1) is 11.4 Å². The quantitative estimate of drug-likeness (QED) is 0.164. The van der Waals surface area contributed by atoms with Gasteiger partial charge >= 0.3 is 0 Å². The van der Waals surface area contributed by atoms with Crippen LogP contribution in [-0.4, -0.2) is 9.97 Å². The first-order valence-corrected chi connectivity index (χ1v) is 20.5. The summed E-state index contributed by atoms with van der Waals surface area (Å²) in [5.74, 6) is 1.23. The Bertz CT molecular complexity index is 2590. The summed E-state index contributed by atoms with van der Waals surface area (Å²) in [6.45, 7) is 0. The van der Waals surface area contributed by atoms with Gasteiger partial charge in [-0.15, -0.1) is 11.3 Å². The zero-order valence-corrected chi connectivity index (χ0v) is 31.7. The number of hydrogen-bond acceptors (Lipinski definition) is 3. The van der Waals surface area contributed by atoms with Crippen LogP contribution in [0.15, 0.2) is 191 Å². The van der Waals surface area contributed by atoms with E-state index in [9.17, 15) is 0 Å². The Hall–Kier alpha value is -5.90. The number of thiophene rings is 1. The van der Waals surface area contributed by atoms with Gasteiger partial charge in [-0.25, -0.2) is 9.97 Å². The molecule has 2 aromatic heterocycles. The van der Waals surface area contributed by atoms with Crippen molar-refractivity contribution in [3.05, 3.63) is 207 Å². The average Bonchev–Trinajstić information content (AvgIpc) is 3.66. The van der Waals surface area contributed by atoms with Crippen LogP contribution in [0.1, 0.15) is 60.4 Å². The van der Waals surface area contributed by atoms with Crippen molar-refractivity contribution < 1.29 is 0 Å². The third kappa shape index (κ3) is 6.64. The standard InChI is InChI=1S/C52H42N2S/c1-4-13-38(14-5-1)43-19-10-11-20-44(43)39-29-27-36(28-30-39)35-23-25-37(26-24-35)42-31-32-49-46(33-42)51-45(21-12-22-50(51)55-49)52-53-47(40-15-6-2-7-16-40)34-48(54-52)41-17-8-3-9-18-41/h1-18,20-23,25,27,29,33-34,43H,19,24,26,28,30-32H2. The Labute approximate surface area is 328 Å². The SMILES string of the molecule is C1=CCC(c2ccccc2)C(C2=CC=C(C3=CC=C(C4=Cc5c(sc6cccc(-c7nc(-c8ccccc8)cc(-c8ccccc8)n7)c56)CC4)CC3)CC2)=C1. The lowest BCUT2D eigenvalue weighted by Gasteiger charge is -2.27. The lowest BCUT2D eigenvalue weighted by atomic mass is 9.77. The van der Waals surface area contributed by atoms with Gasteiger partial charge in [0.2, 0.25) is 0 Å². The number of allylic oxidation sites excluding steroid dienone is 13. The first-order chi connectivity index (χ1) is 27.2. The Kier molecular flexibility index (Phi) is 9.02. The van der Waals surface area contributed by atoms with Gasteiger partial charge in [0.15, 0.2) is 5.82 Å². The lowest BCUT2D eigenvalue weighted by Crippen LogP contribution is -2.09. The molecule has 55 heavy (non-hydrogen) atoms. The second kappa shape index (κ2) is 14.7. The molecule has 0 bridgehead atoms. The fraction of sp³-hybridized carbons (Fsp3) is 0.154. The molecular formula is C52H42N2S. The Morgan fingerprint density at radius 3 is 1.75 bits per heavy atom. The van der Waals surface area contributed by atoms with E-state index < -0.39 is 0 Å². The van der Waals surface area contributed by atoms with Crippen molar-refractivity contribution in [2.24, 2.45) is 0 Å². The molecule has 0 spiro atoms. The van der Waals surface area contributed by atoms with Gasteiger partial charge in [-0.05, 0) is 108 Å². The van der Waals surface area contributed by atoms with Crippen LogP contribution >= 0.6 is 11.3 Å². The summed E-state index contributed by atoms with van der Waals surface area (Å²) in [5.41, 5.74) is 16.9. The monoisotopic (exact) mass is 726 g/mol. The predicted molar refractivity (Wildman–Crippen MR) is 232 cm³/mol. The van der Waals surface area contributed by atoms with Crippen molar-refractivity contribution in [3.8, 4) is 33.9 Å². The molecule has 0 fully saturated rings. The van der Waals surface area contributed by atoms with Crippen LogP contribution in [0, 0.1) is 0 Å². The number of aryl methyl sites for hydroxylation is 1. The van der Waals surface area contributed by atoms with Gasteiger partial charge in [0.1, 0.15) is 0 Å². The fourth-order valence-corrected chi connectivity index (χ4v) is 10.1. The van der Waals surface area contributed by atoms with E-state index >= 15 is 0 Å². The minimum absolute atomic E-state index is 0.450. The summed E-state index contributed by atoms with van der Waals surface area (Å²) in [6.07, 6.45) is 26.7. The van der Waals surface area contributed by atoms with Crippen LogP contribution in [0.3, 0.4) is 0 Å². The third-order valence-electron chi connectivity index (χ3n) is 11.7. The molecule has 6 aromatic rings. The number of fused-ring (bicyclic) bond motifs is 3. The molecule has 266 valence electrons. The van der Waals surface area contributed by atoms with E-state index in [1.54, 1.807) is 0 Å². The molecule has 3 heteroatoms. The third-order valence-corrected chi connectivity index (χ3v) is 13.0. The highest BCUT2D eigenvalue weighted by Gasteiger charge is 2.25. The predicted octanol–water partition coefficient (Wildman–Crippen LogP) is 14.0. The summed E-state index contributed by atoms with van der Waals surface area (Å²) in [5, 5.41) is 1.28. The molecule has 0 N–H and O–H groups in total. The maximum Gasteiger partial charge on any atom is 0.161 e. The molecule has 1 unspecified atom stereocenters. The minimum atomic E-state index is 0.450. The van der Waals surface area contributed by atoms with E-state index in [0.29, 0.717) is 5.92 Å². The highest BCUT2D eigenvalue weighted by atomic mass is 32.1. The van der Waals surface area contributed by atoms with E-state index in [1.165, 1.54) is 59.5 Å². The maximum atomic E-state index is 5.23. The van der Waals surface area contributed by atoms with Crippen molar-refractivity contribution in [3.63, 3.8) is 0 Å². The molecule has 4 aliphatic rings. The molecule has 0 amide bonds. The van der Waals surface area contributed by atoms with Crippen LogP contribution in [0.25, 0.3) is 50.1 Å². The molecule has 0 aliphatic heterocycles. The van der Waals surface area contributed by atoms with Crippen molar-refractivity contribution in [1.82, 2.24) is 9.97 Å². The van der Waals surface area contributed by atoms with Gasteiger partial charge < -0.3 is 0 Å². The van der Waals surface area contributed by atoms with Gasteiger partial charge in [0, 0.05) is 37.6 Å². The summed E-state index contributed by atoms with van der Waals surface area (Å²) in [4.78, 5) is 11.9. The Morgan fingerprint density at radius 1 is 0.527 bits per heavy atom. The fourth-order valence-electron chi connectivity index (χ4n) is 8.85. The van der Waals surface area contributed by atoms with Crippen molar-refractivity contribution in [2.75, 3.05) is 0 Å². The molecule has 4 aliphatic carbocycles. The van der Waals surface area contributed by atoms with Crippen LogP contribution in [0.2, 0.25) is 0 Å². The summed E-state index contributed by atoms with van der Waals surface area (Å²) in [6, 6.07) is 40.7. The molecule has 2 heterocycles. The van der Waals surface area contributed by atoms with Gasteiger partial charge in [-0.1, -0.05) is 146 Å². The first-order valence-electron chi connectivity index (χ1n) is 19.7. The normalized spacial score (nSPS) is 18.1. The molecule has 10 rings (SSSR count). The zero-order valence-electron chi connectivity index (χ0n) is 30.9. The first kappa shape index (κ1) is 33.7. The van der Waals surface area contributed by atoms with E-state index in [1.807, 2.05) is 11.3 Å². The number of benzene rings is 4. The molecule has 0 saturated carbocycles. The van der Waals surface area contributed by atoms with Gasteiger partial charge in [-0.2, -0.15) is 0 Å². The van der Waals surface area contributed by atoms with E-state index in [2.05, 4.69) is 164 Å².